The highest BCUT2D eigenvalue weighted by atomic mass is 35.5. The van der Waals surface area contributed by atoms with Crippen molar-refractivity contribution in [3.8, 4) is 0 Å². The van der Waals surface area contributed by atoms with E-state index in [0.29, 0.717) is 23.7 Å². The van der Waals surface area contributed by atoms with Gasteiger partial charge in [-0.15, -0.1) is 11.8 Å². The van der Waals surface area contributed by atoms with Gasteiger partial charge in [-0.3, -0.25) is 9.59 Å². The van der Waals surface area contributed by atoms with Gasteiger partial charge in [0.05, 0.1) is 5.75 Å². The molecule has 0 aliphatic carbocycles. The number of hydrogen-bond acceptors (Lipinski definition) is 3. The van der Waals surface area contributed by atoms with E-state index < -0.39 is 6.04 Å². The molecule has 0 fully saturated rings. The SMILES string of the molecule is CC[C@H](C)NC(=O)[C@H](Cc1ccccc1)N(Cc1ccccc1C)C(=O)CSCc1ccc(Cl)cc1. The van der Waals surface area contributed by atoms with Crippen molar-refractivity contribution in [1.29, 1.82) is 0 Å². The third kappa shape index (κ3) is 8.42. The second kappa shape index (κ2) is 14.1. The summed E-state index contributed by atoms with van der Waals surface area (Å²) in [5.41, 5.74) is 4.28. The Balaban J connectivity index is 1.86. The summed E-state index contributed by atoms with van der Waals surface area (Å²) in [5.74, 6) is 0.829. The van der Waals surface area contributed by atoms with Gasteiger partial charge in [-0.05, 0) is 54.7 Å². The van der Waals surface area contributed by atoms with Crippen LogP contribution in [0.3, 0.4) is 0 Å². The Bertz CT molecular complexity index is 1120. The molecule has 4 nitrogen and oxygen atoms in total. The highest BCUT2D eigenvalue weighted by Crippen LogP contribution is 2.20. The Labute approximate surface area is 224 Å². The van der Waals surface area contributed by atoms with Crippen molar-refractivity contribution in [2.24, 2.45) is 0 Å². The highest BCUT2D eigenvalue weighted by molar-refractivity contribution is 7.99. The molecule has 6 heteroatoms. The van der Waals surface area contributed by atoms with Crippen LogP contribution in [0.15, 0.2) is 78.9 Å². The smallest absolute Gasteiger partial charge is 0.243 e. The number of nitrogens with one attached hydrogen (secondary N) is 1. The van der Waals surface area contributed by atoms with E-state index in [0.717, 1.165) is 28.7 Å². The van der Waals surface area contributed by atoms with Gasteiger partial charge in [0.25, 0.3) is 0 Å². The van der Waals surface area contributed by atoms with Gasteiger partial charge in [0.2, 0.25) is 11.8 Å². The molecule has 3 aromatic carbocycles. The van der Waals surface area contributed by atoms with Crippen molar-refractivity contribution in [2.75, 3.05) is 5.75 Å². The molecular weight excluding hydrogens is 488 g/mol. The van der Waals surface area contributed by atoms with Crippen molar-refractivity contribution in [2.45, 2.75) is 58.0 Å². The number of amides is 2. The van der Waals surface area contributed by atoms with Crippen LogP contribution in [-0.2, 0) is 28.3 Å². The fourth-order valence-corrected chi connectivity index (χ4v) is 4.88. The minimum Gasteiger partial charge on any atom is -0.352 e. The number of hydrogen-bond donors (Lipinski definition) is 1. The van der Waals surface area contributed by atoms with Crippen LogP contribution >= 0.6 is 23.4 Å². The van der Waals surface area contributed by atoms with Crippen molar-refractivity contribution in [3.05, 3.63) is 106 Å². The molecule has 2 amide bonds. The maximum Gasteiger partial charge on any atom is 0.243 e. The van der Waals surface area contributed by atoms with E-state index in [9.17, 15) is 9.59 Å². The molecule has 0 bridgehead atoms. The topological polar surface area (TPSA) is 49.4 Å². The summed E-state index contributed by atoms with van der Waals surface area (Å²) >= 11 is 7.55. The van der Waals surface area contributed by atoms with Crippen molar-refractivity contribution < 1.29 is 9.59 Å². The van der Waals surface area contributed by atoms with Crippen molar-refractivity contribution in [1.82, 2.24) is 10.2 Å². The fourth-order valence-electron chi connectivity index (χ4n) is 3.89. The van der Waals surface area contributed by atoms with E-state index >= 15 is 0 Å². The maximum absolute atomic E-state index is 13.7. The lowest BCUT2D eigenvalue weighted by Crippen LogP contribution is -2.52. The number of carbonyl (C=O) groups is 2. The lowest BCUT2D eigenvalue weighted by atomic mass is 10.0. The first-order valence-corrected chi connectivity index (χ1v) is 13.9. The monoisotopic (exact) mass is 522 g/mol. The van der Waals surface area contributed by atoms with Crippen molar-refractivity contribution in [3.63, 3.8) is 0 Å². The number of thioether (sulfide) groups is 1. The first kappa shape index (κ1) is 27.8. The Kier molecular flexibility index (Phi) is 10.9. The summed E-state index contributed by atoms with van der Waals surface area (Å²) in [7, 11) is 0. The summed E-state index contributed by atoms with van der Waals surface area (Å²) in [6.07, 6.45) is 1.29. The van der Waals surface area contributed by atoms with E-state index in [2.05, 4.69) is 5.32 Å². The number of benzene rings is 3. The minimum atomic E-state index is -0.607. The normalized spacial score (nSPS) is 12.6. The number of carbonyl (C=O) groups excluding carboxylic acids is 2. The summed E-state index contributed by atoms with van der Waals surface area (Å²) in [5, 5.41) is 3.82. The Morgan fingerprint density at radius 1 is 0.944 bits per heavy atom. The number of halogens is 1. The minimum absolute atomic E-state index is 0.0328. The molecule has 3 aromatic rings. The molecule has 3 rings (SSSR count). The van der Waals surface area contributed by atoms with Gasteiger partial charge >= 0.3 is 0 Å². The first-order chi connectivity index (χ1) is 17.4. The van der Waals surface area contributed by atoms with E-state index in [1.807, 2.05) is 99.6 Å². The number of nitrogens with zero attached hydrogens (tertiary/aromatic N) is 1. The summed E-state index contributed by atoms with van der Waals surface area (Å²) in [6.45, 7) is 6.46. The molecule has 190 valence electrons. The molecule has 36 heavy (non-hydrogen) atoms. The summed E-state index contributed by atoms with van der Waals surface area (Å²) in [6, 6.07) is 25.0. The predicted octanol–water partition coefficient (Wildman–Crippen LogP) is 6.44. The average Bonchev–Trinajstić information content (AvgIpc) is 2.88. The fraction of sp³-hybridized carbons (Fsp3) is 0.333. The van der Waals surface area contributed by atoms with Gasteiger partial charge < -0.3 is 10.2 Å². The Morgan fingerprint density at radius 3 is 2.28 bits per heavy atom. The van der Waals surface area contributed by atoms with Crippen LogP contribution in [0.5, 0.6) is 0 Å². The van der Waals surface area contributed by atoms with Gasteiger partial charge in [0.15, 0.2) is 0 Å². The molecule has 0 spiro atoms. The van der Waals surface area contributed by atoms with E-state index in [1.54, 1.807) is 16.7 Å². The standard InChI is InChI=1S/C30H35ClN2O2S/c1-4-23(3)32-30(35)28(18-24-11-6-5-7-12-24)33(19-26-13-9-8-10-22(26)2)29(34)21-36-20-25-14-16-27(31)17-15-25/h5-17,23,28H,4,18-21H2,1-3H3,(H,32,35)/t23-,28-/m0/s1. The summed E-state index contributed by atoms with van der Waals surface area (Å²) < 4.78 is 0. The highest BCUT2D eigenvalue weighted by Gasteiger charge is 2.31. The van der Waals surface area contributed by atoms with E-state index in [-0.39, 0.29) is 23.6 Å². The molecule has 0 saturated carbocycles. The largest absolute Gasteiger partial charge is 0.352 e. The van der Waals surface area contributed by atoms with Gasteiger partial charge in [-0.2, -0.15) is 0 Å². The lowest BCUT2D eigenvalue weighted by Gasteiger charge is -2.32. The predicted molar refractivity (Wildman–Crippen MR) is 151 cm³/mol. The average molecular weight is 523 g/mol. The summed E-state index contributed by atoms with van der Waals surface area (Å²) in [4.78, 5) is 29.0. The maximum atomic E-state index is 13.7. The molecule has 0 aliphatic heterocycles. The van der Waals surface area contributed by atoms with Gasteiger partial charge in [0.1, 0.15) is 6.04 Å². The Morgan fingerprint density at radius 2 is 1.61 bits per heavy atom. The Hall–Kier alpha value is -2.76. The van der Waals surface area contributed by atoms with Crippen LogP contribution in [0.25, 0.3) is 0 Å². The van der Waals surface area contributed by atoms with Crippen molar-refractivity contribution >= 4 is 35.2 Å². The zero-order chi connectivity index (χ0) is 25.9. The van der Waals surface area contributed by atoms with Crippen LogP contribution in [0.4, 0.5) is 0 Å². The molecule has 0 radical (unpaired) electrons. The molecule has 0 aromatic heterocycles. The van der Waals surface area contributed by atoms with Gasteiger partial charge in [-0.25, -0.2) is 0 Å². The second-order valence-electron chi connectivity index (χ2n) is 9.09. The van der Waals surface area contributed by atoms with Crippen LogP contribution in [0.2, 0.25) is 5.02 Å². The molecule has 0 unspecified atom stereocenters. The quantitative estimate of drug-likeness (QED) is 0.298. The molecular formula is C30H35ClN2O2S. The molecule has 1 N–H and O–H groups in total. The van der Waals surface area contributed by atoms with Crippen LogP contribution in [-0.4, -0.2) is 34.6 Å². The first-order valence-electron chi connectivity index (χ1n) is 12.4. The van der Waals surface area contributed by atoms with Crippen LogP contribution < -0.4 is 5.32 Å². The molecule has 0 saturated heterocycles. The zero-order valence-corrected chi connectivity index (χ0v) is 22.8. The second-order valence-corrected chi connectivity index (χ2v) is 10.5. The molecule has 2 atom stereocenters. The zero-order valence-electron chi connectivity index (χ0n) is 21.2. The third-order valence-corrected chi connectivity index (χ3v) is 7.52. The molecule has 0 heterocycles. The van der Waals surface area contributed by atoms with E-state index in [1.165, 1.54) is 0 Å². The lowest BCUT2D eigenvalue weighted by molar-refractivity contribution is -0.139. The number of aryl methyl sites for hydroxylation is 1. The van der Waals surface area contributed by atoms with E-state index in [4.69, 9.17) is 11.6 Å². The van der Waals surface area contributed by atoms with Crippen LogP contribution in [0, 0.1) is 6.92 Å². The van der Waals surface area contributed by atoms with Crippen LogP contribution in [0.1, 0.15) is 42.5 Å². The molecule has 0 aliphatic rings. The van der Waals surface area contributed by atoms with Gasteiger partial charge in [0, 0.05) is 29.8 Å². The van der Waals surface area contributed by atoms with Gasteiger partial charge in [-0.1, -0.05) is 85.3 Å². The third-order valence-electron chi connectivity index (χ3n) is 6.28. The number of rotatable bonds is 12.